The standard InChI is InChI=1S/C7H7N3O2/c8-4-5-6(9)2-1-3-7(5)10(11)12/h1-4,8H,9H2/p+1. The molecule has 0 saturated heterocycles. The quantitative estimate of drug-likeness (QED) is 0.264. The van der Waals surface area contributed by atoms with Crippen molar-refractivity contribution in [3.05, 3.63) is 33.9 Å². The van der Waals surface area contributed by atoms with Gasteiger partial charge in [0, 0.05) is 6.07 Å². The van der Waals surface area contributed by atoms with E-state index in [1.54, 1.807) is 6.07 Å². The van der Waals surface area contributed by atoms with Crippen molar-refractivity contribution in [1.29, 1.82) is 0 Å². The van der Waals surface area contributed by atoms with Gasteiger partial charge in [-0.3, -0.25) is 15.5 Å². The molecule has 1 aromatic carbocycles. The molecule has 0 aliphatic rings. The van der Waals surface area contributed by atoms with Gasteiger partial charge in [-0.05, 0) is 6.07 Å². The van der Waals surface area contributed by atoms with Crippen LogP contribution in [0.3, 0.4) is 0 Å². The summed E-state index contributed by atoms with van der Waals surface area (Å²) in [6, 6.07) is 4.43. The average molecular weight is 166 g/mol. The first-order valence-electron chi connectivity index (χ1n) is 3.24. The largest absolute Gasteiger partial charge is 0.398 e. The molecule has 0 radical (unpaired) electrons. The van der Waals surface area contributed by atoms with Crippen LogP contribution in [0.5, 0.6) is 0 Å². The summed E-state index contributed by atoms with van der Waals surface area (Å²) in [6.45, 7) is 0. The minimum Gasteiger partial charge on any atom is -0.398 e. The fourth-order valence-electron chi connectivity index (χ4n) is 0.911. The predicted molar refractivity (Wildman–Crippen MR) is 44.6 cm³/mol. The number of hydrogen-bond donors (Lipinski definition) is 2. The molecule has 0 amide bonds. The van der Waals surface area contributed by atoms with Gasteiger partial charge >= 0.3 is 0 Å². The Morgan fingerprint density at radius 2 is 2.25 bits per heavy atom. The van der Waals surface area contributed by atoms with Gasteiger partial charge in [0.25, 0.3) is 5.69 Å². The molecule has 1 aromatic rings. The van der Waals surface area contributed by atoms with Crippen LogP contribution in [-0.2, 0) is 0 Å². The van der Waals surface area contributed by atoms with Crippen LogP contribution < -0.4 is 11.1 Å². The fraction of sp³-hybridized carbons (Fsp3) is 0. The Labute approximate surface area is 68.5 Å². The molecule has 0 saturated carbocycles. The molecule has 62 valence electrons. The molecule has 12 heavy (non-hydrogen) atoms. The number of nitro benzene ring substituents is 1. The number of nitrogens with two attached hydrogens (primary N) is 2. The summed E-state index contributed by atoms with van der Waals surface area (Å²) in [5.74, 6) is 0. The number of nitrogens with zero attached hydrogens (tertiary/aromatic N) is 1. The highest BCUT2D eigenvalue weighted by Crippen LogP contribution is 2.20. The van der Waals surface area contributed by atoms with Gasteiger partial charge in [0.15, 0.2) is 6.21 Å². The van der Waals surface area contributed by atoms with Crippen molar-refractivity contribution >= 4 is 17.6 Å². The van der Waals surface area contributed by atoms with Crippen LogP contribution in [-0.4, -0.2) is 11.1 Å². The van der Waals surface area contributed by atoms with E-state index >= 15 is 0 Å². The fourth-order valence-corrected chi connectivity index (χ4v) is 0.911. The summed E-state index contributed by atoms with van der Waals surface area (Å²) >= 11 is 0. The van der Waals surface area contributed by atoms with Gasteiger partial charge in [0.1, 0.15) is 5.56 Å². The second kappa shape index (κ2) is 3.00. The topological polar surface area (TPSA) is 94.8 Å². The normalized spacial score (nSPS) is 9.33. The minimum atomic E-state index is -0.519. The Hall–Kier alpha value is -1.91. The van der Waals surface area contributed by atoms with E-state index in [4.69, 9.17) is 11.1 Å². The lowest BCUT2D eigenvalue weighted by Gasteiger charge is -1.97. The summed E-state index contributed by atoms with van der Waals surface area (Å²) in [7, 11) is 0. The lowest BCUT2D eigenvalue weighted by atomic mass is 10.1. The number of hydrogen-bond acceptors (Lipinski definition) is 3. The van der Waals surface area contributed by atoms with Gasteiger partial charge < -0.3 is 5.73 Å². The van der Waals surface area contributed by atoms with Gasteiger partial charge in [0.05, 0.1) is 10.6 Å². The highest BCUT2D eigenvalue weighted by atomic mass is 16.6. The maximum Gasteiger partial charge on any atom is 0.284 e. The molecule has 5 nitrogen and oxygen atoms in total. The highest BCUT2D eigenvalue weighted by molar-refractivity contribution is 5.88. The molecule has 0 fully saturated rings. The van der Waals surface area contributed by atoms with Crippen LogP contribution in [0.25, 0.3) is 0 Å². The van der Waals surface area contributed by atoms with E-state index in [1.165, 1.54) is 12.1 Å². The Balaban J connectivity index is 3.37. The van der Waals surface area contributed by atoms with E-state index in [1.807, 2.05) is 0 Å². The predicted octanol–water partition coefficient (Wildman–Crippen LogP) is -0.645. The van der Waals surface area contributed by atoms with Crippen molar-refractivity contribution in [2.75, 3.05) is 5.73 Å². The van der Waals surface area contributed by atoms with Crippen molar-refractivity contribution in [1.82, 2.24) is 0 Å². The molecule has 0 aromatic heterocycles. The summed E-state index contributed by atoms with van der Waals surface area (Å²) in [5, 5.41) is 15.6. The SMILES string of the molecule is Nc1cccc([N+](=O)[O-])c1C=[NH2+]. The number of nitrogen functional groups attached to an aromatic ring is 1. The number of anilines is 1. The highest BCUT2D eigenvalue weighted by Gasteiger charge is 2.14. The van der Waals surface area contributed by atoms with E-state index in [-0.39, 0.29) is 11.3 Å². The second-order valence-corrected chi connectivity index (χ2v) is 2.20. The zero-order chi connectivity index (χ0) is 9.14. The zero-order valence-corrected chi connectivity index (χ0v) is 6.23. The first-order valence-corrected chi connectivity index (χ1v) is 3.24. The molecule has 0 aliphatic carbocycles. The molecule has 0 unspecified atom stereocenters. The summed E-state index contributed by atoms with van der Waals surface area (Å²) in [6.07, 6.45) is 1.13. The Morgan fingerprint density at radius 1 is 1.58 bits per heavy atom. The Kier molecular flexibility index (Phi) is 2.05. The zero-order valence-electron chi connectivity index (χ0n) is 6.23. The molecule has 5 heteroatoms. The molecule has 4 N–H and O–H groups in total. The van der Waals surface area contributed by atoms with Crippen LogP contribution >= 0.6 is 0 Å². The van der Waals surface area contributed by atoms with Crippen LogP contribution in [0.1, 0.15) is 5.56 Å². The van der Waals surface area contributed by atoms with E-state index in [0.717, 1.165) is 6.21 Å². The third-order valence-corrected chi connectivity index (χ3v) is 1.48. The summed E-state index contributed by atoms with van der Waals surface area (Å²) in [5.41, 5.74) is 5.96. The first kappa shape index (κ1) is 8.19. The maximum absolute atomic E-state index is 10.4. The van der Waals surface area contributed by atoms with E-state index < -0.39 is 4.92 Å². The molecule has 0 aliphatic heterocycles. The Bertz CT molecular complexity index is 335. The lowest BCUT2D eigenvalue weighted by Crippen LogP contribution is -2.30. The summed E-state index contributed by atoms with van der Waals surface area (Å²) in [4.78, 5) is 9.89. The van der Waals surface area contributed by atoms with E-state index in [0.29, 0.717) is 5.69 Å². The molecular formula is C7H8N3O2+. The minimum absolute atomic E-state index is 0.0718. The molecule has 0 heterocycles. The van der Waals surface area contributed by atoms with Crippen LogP contribution in [0.2, 0.25) is 0 Å². The van der Waals surface area contributed by atoms with Crippen molar-refractivity contribution < 1.29 is 10.3 Å². The average Bonchev–Trinajstić information content (AvgIpc) is 2.03. The van der Waals surface area contributed by atoms with Gasteiger partial charge in [-0.2, -0.15) is 0 Å². The van der Waals surface area contributed by atoms with Gasteiger partial charge in [0.2, 0.25) is 0 Å². The van der Waals surface area contributed by atoms with E-state index in [2.05, 4.69) is 0 Å². The van der Waals surface area contributed by atoms with Gasteiger partial charge in [-0.1, -0.05) is 6.07 Å². The van der Waals surface area contributed by atoms with Gasteiger partial charge in [-0.25, -0.2) is 0 Å². The third kappa shape index (κ3) is 1.24. The van der Waals surface area contributed by atoms with Gasteiger partial charge in [-0.15, -0.1) is 0 Å². The van der Waals surface area contributed by atoms with E-state index in [9.17, 15) is 10.1 Å². The summed E-state index contributed by atoms with van der Waals surface area (Å²) < 4.78 is 0. The van der Waals surface area contributed by atoms with Crippen molar-refractivity contribution in [2.24, 2.45) is 0 Å². The van der Waals surface area contributed by atoms with Crippen LogP contribution in [0.15, 0.2) is 18.2 Å². The number of nitro groups is 1. The molecule has 1 rings (SSSR count). The Morgan fingerprint density at radius 3 is 2.67 bits per heavy atom. The van der Waals surface area contributed by atoms with Crippen molar-refractivity contribution in [3.63, 3.8) is 0 Å². The lowest BCUT2D eigenvalue weighted by molar-refractivity contribution is -0.385. The van der Waals surface area contributed by atoms with Crippen LogP contribution in [0, 0.1) is 10.1 Å². The smallest absolute Gasteiger partial charge is 0.284 e. The number of rotatable bonds is 2. The van der Waals surface area contributed by atoms with Crippen LogP contribution in [0.4, 0.5) is 11.4 Å². The molecule has 0 bridgehead atoms. The number of benzene rings is 1. The molecular weight excluding hydrogens is 158 g/mol. The molecule has 0 atom stereocenters. The maximum atomic E-state index is 10.4. The third-order valence-electron chi connectivity index (χ3n) is 1.48. The molecule has 0 spiro atoms. The van der Waals surface area contributed by atoms with Crippen molar-refractivity contribution in [3.8, 4) is 0 Å². The van der Waals surface area contributed by atoms with Crippen molar-refractivity contribution in [2.45, 2.75) is 0 Å². The monoisotopic (exact) mass is 166 g/mol. The first-order chi connectivity index (χ1) is 5.66. The second-order valence-electron chi connectivity index (χ2n) is 2.20.